The van der Waals surface area contributed by atoms with E-state index in [-0.39, 0.29) is 5.82 Å². The van der Waals surface area contributed by atoms with Crippen LogP contribution in [0.2, 0.25) is 10.0 Å². The molecule has 4 rings (SSSR count). The van der Waals surface area contributed by atoms with E-state index in [1.165, 1.54) is 6.07 Å². The fraction of sp³-hybridized carbons (Fsp3) is 0.118. The first-order chi connectivity index (χ1) is 11.1. The topological polar surface area (TPSA) is 29.9 Å². The molecule has 6 heteroatoms. The molecule has 1 aliphatic heterocycles. The molecule has 2 heterocycles. The Morgan fingerprint density at radius 3 is 2.70 bits per heavy atom. The molecule has 0 amide bonds. The molecule has 0 unspecified atom stereocenters. The fourth-order valence-corrected chi connectivity index (χ4v) is 3.14. The Kier molecular flexibility index (Phi) is 3.51. The van der Waals surface area contributed by atoms with Crippen LogP contribution < -0.4 is 5.32 Å². The molecule has 3 nitrogen and oxygen atoms in total. The van der Waals surface area contributed by atoms with Gasteiger partial charge in [-0.2, -0.15) is 5.10 Å². The largest absolute Gasteiger partial charge is 0.369 e. The van der Waals surface area contributed by atoms with Crippen LogP contribution in [0, 0.1) is 5.82 Å². The van der Waals surface area contributed by atoms with E-state index in [4.69, 9.17) is 23.2 Å². The minimum atomic E-state index is -0.277. The van der Waals surface area contributed by atoms with E-state index in [1.807, 2.05) is 12.1 Å². The Hall–Kier alpha value is -2.04. The molecule has 1 N–H and O–H groups in total. The molecule has 0 bridgehead atoms. The number of nitrogens with one attached hydrogen (secondary N) is 1. The van der Waals surface area contributed by atoms with Crippen LogP contribution in [-0.4, -0.2) is 16.3 Å². The average molecular weight is 348 g/mol. The van der Waals surface area contributed by atoms with Crippen molar-refractivity contribution in [1.29, 1.82) is 0 Å². The van der Waals surface area contributed by atoms with Gasteiger partial charge in [0.2, 0.25) is 0 Å². The van der Waals surface area contributed by atoms with Gasteiger partial charge in [0, 0.05) is 17.7 Å². The third-order valence-electron chi connectivity index (χ3n) is 3.93. The summed E-state index contributed by atoms with van der Waals surface area (Å²) in [5.74, 6) is 0.600. The number of halogens is 3. The van der Waals surface area contributed by atoms with Gasteiger partial charge in [0.1, 0.15) is 17.3 Å². The van der Waals surface area contributed by atoms with Crippen LogP contribution in [0.3, 0.4) is 0 Å². The first-order valence-corrected chi connectivity index (χ1v) is 7.97. The first kappa shape index (κ1) is 14.5. The highest BCUT2D eigenvalue weighted by molar-refractivity contribution is 6.42. The van der Waals surface area contributed by atoms with E-state index in [1.54, 1.807) is 28.9 Å². The molecule has 2 aromatic carbocycles. The highest BCUT2D eigenvalue weighted by atomic mass is 35.5. The molecule has 0 saturated carbocycles. The van der Waals surface area contributed by atoms with Crippen molar-refractivity contribution in [2.24, 2.45) is 0 Å². The van der Waals surface area contributed by atoms with Gasteiger partial charge in [0.25, 0.3) is 0 Å². The third-order valence-corrected chi connectivity index (χ3v) is 4.67. The summed E-state index contributed by atoms with van der Waals surface area (Å²) in [4.78, 5) is 0. The highest BCUT2D eigenvalue weighted by Gasteiger charge is 2.25. The summed E-state index contributed by atoms with van der Waals surface area (Å²) in [7, 11) is 0. The Labute approximate surface area is 142 Å². The van der Waals surface area contributed by atoms with E-state index < -0.39 is 0 Å². The Bertz CT molecular complexity index is 905. The normalized spacial score (nSPS) is 13.0. The summed E-state index contributed by atoms with van der Waals surface area (Å²) in [5.41, 5.74) is 2.97. The summed E-state index contributed by atoms with van der Waals surface area (Å²) in [5, 5.41) is 8.87. The van der Waals surface area contributed by atoms with Crippen LogP contribution >= 0.6 is 23.2 Å². The van der Waals surface area contributed by atoms with Crippen molar-refractivity contribution < 1.29 is 4.39 Å². The van der Waals surface area contributed by atoms with E-state index in [9.17, 15) is 4.39 Å². The molecule has 0 saturated heterocycles. The zero-order chi connectivity index (χ0) is 16.0. The third kappa shape index (κ3) is 2.38. The van der Waals surface area contributed by atoms with Gasteiger partial charge in [0.05, 0.1) is 15.7 Å². The average Bonchev–Trinajstić information content (AvgIpc) is 3.13. The van der Waals surface area contributed by atoms with Crippen LogP contribution in [0.1, 0.15) is 5.56 Å². The van der Waals surface area contributed by atoms with E-state index in [0.717, 1.165) is 30.0 Å². The lowest BCUT2D eigenvalue weighted by Gasteiger charge is -2.07. The van der Waals surface area contributed by atoms with Gasteiger partial charge >= 0.3 is 0 Å². The summed E-state index contributed by atoms with van der Waals surface area (Å²) in [6, 6.07) is 12.0. The number of anilines is 1. The molecule has 3 aromatic rings. The lowest BCUT2D eigenvalue weighted by atomic mass is 10.1. The lowest BCUT2D eigenvalue weighted by molar-refractivity contribution is 0.630. The Balaban J connectivity index is 1.91. The van der Waals surface area contributed by atoms with Crippen LogP contribution in [0.25, 0.3) is 16.9 Å². The summed E-state index contributed by atoms with van der Waals surface area (Å²) >= 11 is 12.1. The van der Waals surface area contributed by atoms with Crippen LogP contribution in [0.4, 0.5) is 10.2 Å². The zero-order valence-electron chi connectivity index (χ0n) is 12.0. The number of fused-ring (bicyclic) bond motifs is 1. The van der Waals surface area contributed by atoms with E-state index in [0.29, 0.717) is 21.3 Å². The lowest BCUT2D eigenvalue weighted by Crippen LogP contribution is -2.04. The number of hydrogen-bond acceptors (Lipinski definition) is 2. The zero-order valence-corrected chi connectivity index (χ0v) is 13.5. The Morgan fingerprint density at radius 2 is 1.91 bits per heavy atom. The molecular weight excluding hydrogens is 336 g/mol. The molecule has 1 aliphatic rings. The number of rotatable bonds is 2. The van der Waals surface area contributed by atoms with Gasteiger partial charge in [-0.3, -0.25) is 0 Å². The van der Waals surface area contributed by atoms with Crippen molar-refractivity contribution in [2.45, 2.75) is 6.42 Å². The van der Waals surface area contributed by atoms with Crippen LogP contribution in [-0.2, 0) is 6.42 Å². The quantitative estimate of drug-likeness (QED) is 0.710. The second kappa shape index (κ2) is 5.55. The van der Waals surface area contributed by atoms with Gasteiger partial charge in [-0.05, 0) is 36.8 Å². The number of aromatic nitrogens is 2. The molecule has 23 heavy (non-hydrogen) atoms. The molecule has 0 fully saturated rings. The molecule has 0 spiro atoms. The minimum absolute atomic E-state index is 0.277. The van der Waals surface area contributed by atoms with Crippen molar-refractivity contribution >= 4 is 29.0 Å². The maximum atomic E-state index is 14.2. The van der Waals surface area contributed by atoms with Crippen molar-refractivity contribution in [3.63, 3.8) is 0 Å². The van der Waals surface area contributed by atoms with Crippen molar-refractivity contribution in [3.8, 4) is 16.9 Å². The summed E-state index contributed by atoms with van der Waals surface area (Å²) < 4.78 is 15.9. The molecule has 0 aliphatic carbocycles. The SMILES string of the molecule is Fc1ccccc1-c1nn(-c2ccc(Cl)c(Cl)c2)c2c1CCN2. The van der Waals surface area contributed by atoms with Crippen molar-refractivity contribution in [1.82, 2.24) is 9.78 Å². The number of benzene rings is 2. The monoisotopic (exact) mass is 347 g/mol. The van der Waals surface area contributed by atoms with Crippen molar-refractivity contribution in [2.75, 3.05) is 11.9 Å². The van der Waals surface area contributed by atoms with Gasteiger partial charge in [-0.25, -0.2) is 9.07 Å². The van der Waals surface area contributed by atoms with Gasteiger partial charge < -0.3 is 5.32 Å². The van der Waals surface area contributed by atoms with Crippen LogP contribution in [0.5, 0.6) is 0 Å². The van der Waals surface area contributed by atoms with Gasteiger partial charge in [0.15, 0.2) is 0 Å². The van der Waals surface area contributed by atoms with E-state index >= 15 is 0 Å². The standard InChI is InChI=1S/C17H12Cl2FN3/c18-13-6-5-10(9-14(13)19)23-17-12(7-8-21-17)16(22-23)11-3-1-2-4-15(11)20/h1-6,9,21H,7-8H2. The number of nitrogens with zero attached hydrogens (tertiary/aromatic N) is 2. The highest BCUT2D eigenvalue weighted by Crippen LogP contribution is 2.36. The minimum Gasteiger partial charge on any atom is -0.369 e. The Morgan fingerprint density at radius 1 is 1.09 bits per heavy atom. The molecule has 1 aromatic heterocycles. The molecular formula is C17H12Cl2FN3. The molecule has 116 valence electrons. The van der Waals surface area contributed by atoms with Gasteiger partial charge in [-0.15, -0.1) is 0 Å². The predicted molar refractivity (Wildman–Crippen MR) is 91.2 cm³/mol. The molecule has 0 atom stereocenters. The number of hydrogen-bond donors (Lipinski definition) is 1. The molecule has 0 radical (unpaired) electrons. The van der Waals surface area contributed by atoms with E-state index in [2.05, 4.69) is 10.4 Å². The summed E-state index contributed by atoms with van der Waals surface area (Å²) in [6.45, 7) is 0.802. The van der Waals surface area contributed by atoms with Crippen molar-refractivity contribution in [3.05, 3.63) is 63.9 Å². The fourth-order valence-electron chi connectivity index (χ4n) is 2.85. The van der Waals surface area contributed by atoms with Crippen LogP contribution in [0.15, 0.2) is 42.5 Å². The maximum Gasteiger partial charge on any atom is 0.133 e. The maximum absolute atomic E-state index is 14.2. The first-order valence-electron chi connectivity index (χ1n) is 7.21. The second-order valence-electron chi connectivity index (χ2n) is 5.34. The second-order valence-corrected chi connectivity index (χ2v) is 6.16. The smallest absolute Gasteiger partial charge is 0.133 e. The summed E-state index contributed by atoms with van der Waals surface area (Å²) in [6.07, 6.45) is 0.806. The van der Waals surface area contributed by atoms with Gasteiger partial charge in [-0.1, -0.05) is 35.3 Å². The predicted octanol–water partition coefficient (Wildman–Crippen LogP) is 4.95.